The van der Waals surface area contributed by atoms with Crippen LogP contribution in [0.1, 0.15) is 11.4 Å². The lowest BCUT2D eigenvalue weighted by Gasteiger charge is -2.05. The molecule has 6 heteroatoms. The summed E-state index contributed by atoms with van der Waals surface area (Å²) >= 11 is 0. The summed E-state index contributed by atoms with van der Waals surface area (Å²) in [4.78, 5) is 30.6. The molecule has 6 nitrogen and oxygen atoms in total. The first kappa shape index (κ1) is 13.7. The van der Waals surface area contributed by atoms with Crippen molar-refractivity contribution in [3.05, 3.63) is 41.7 Å². The van der Waals surface area contributed by atoms with Crippen molar-refractivity contribution < 1.29 is 14.7 Å². The first-order valence-corrected chi connectivity index (χ1v) is 5.92. The summed E-state index contributed by atoms with van der Waals surface area (Å²) in [5, 5.41) is 11.0. The van der Waals surface area contributed by atoms with Gasteiger partial charge in [-0.2, -0.15) is 0 Å². The van der Waals surface area contributed by atoms with Crippen molar-refractivity contribution in [2.45, 2.75) is 13.8 Å². The molecule has 0 aliphatic rings. The number of aliphatic carboxylic acids is 1. The molecule has 0 aliphatic carbocycles. The maximum Gasteiger partial charge on any atom is 0.328 e. The summed E-state index contributed by atoms with van der Waals surface area (Å²) in [6.07, 6.45) is 1.74. The summed E-state index contributed by atoms with van der Waals surface area (Å²) in [5.41, 5.74) is 3.64. The Kier molecular flexibility index (Phi) is 3.74. The second kappa shape index (κ2) is 5.48. The number of carboxylic acids is 1. The molecule has 0 radical (unpaired) electrons. The van der Waals surface area contributed by atoms with Gasteiger partial charge in [-0.1, -0.05) is 0 Å². The molecule has 0 bridgehead atoms. The highest BCUT2D eigenvalue weighted by molar-refractivity contribution is 6.03. The second-order valence-corrected chi connectivity index (χ2v) is 4.26. The lowest BCUT2D eigenvalue weighted by molar-refractivity contribution is -0.131. The highest BCUT2D eigenvalue weighted by atomic mass is 16.4. The van der Waals surface area contributed by atoms with E-state index in [-0.39, 0.29) is 0 Å². The van der Waals surface area contributed by atoms with E-state index in [1.165, 1.54) is 0 Å². The van der Waals surface area contributed by atoms with Crippen molar-refractivity contribution in [1.82, 2.24) is 9.97 Å². The van der Waals surface area contributed by atoms with Crippen LogP contribution in [0, 0.1) is 13.8 Å². The fourth-order valence-electron chi connectivity index (χ4n) is 1.64. The first-order chi connectivity index (χ1) is 9.45. The Balaban J connectivity index is 2.26. The van der Waals surface area contributed by atoms with Gasteiger partial charge in [-0.05, 0) is 32.0 Å². The summed E-state index contributed by atoms with van der Waals surface area (Å²) in [6.45, 7) is 3.75. The number of hydrogen-bond acceptors (Lipinski definition) is 4. The Morgan fingerprint density at radius 1 is 1.10 bits per heavy atom. The number of nitrogens with zero attached hydrogens (tertiary/aromatic N) is 2. The number of rotatable bonds is 3. The van der Waals surface area contributed by atoms with Gasteiger partial charge in [-0.15, -0.1) is 0 Å². The molecular weight excluding hydrogens is 258 g/mol. The van der Waals surface area contributed by atoms with Gasteiger partial charge < -0.3 is 10.4 Å². The van der Waals surface area contributed by atoms with E-state index in [1.54, 1.807) is 18.2 Å². The first-order valence-electron chi connectivity index (χ1n) is 5.92. The fraction of sp³-hybridized carbons (Fsp3) is 0.143. The Labute approximate surface area is 115 Å². The Bertz CT molecular complexity index is 723. The van der Waals surface area contributed by atoms with Crippen LogP contribution >= 0.6 is 0 Å². The number of anilines is 1. The minimum absolute atomic E-state index is 0.511. The van der Waals surface area contributed by atoms with Crippen LogP contribution in [-0.4, -0.2) is 27.0 Å². The smallest absolute Gasteiger partial charge is 0.328 e. The van der Waals surface area contributed by atoms with Crippen molar-refractivity contribution in [2.75, 3.05) is 5.32 Å². The molecule has 0 spiro atoms. The summed E-state index contributed by atoms with van der Waals surface area (Å²) in [6, 6.07) is 5.14. The normalized spacial score (nSPS) is 10.9. The zero-order chi connectivity index (χ0) is 14.7. The van der Waals surface area contributed by atoms with Crippen LogP contribution in [0.25, 0.3) is 11.0 Å². The SMILES string of the molecule is Cc1nc2ccc(NC(=O)/C=C/C(=O)O)cc2nc1C. The molecule has 2 aromatic rings. The molecular formula is C14H13N3O3. The van der Waals surface area contributed by atoms with Gasteiger partial charge in [-0.3, -0.25) is 4.79 Å². The van der Waals surface area contributed by atoms with E-state index in [4.69, 9.17) is 5.11 Å². The Hall–Kier alpha value is -2.76. The summed E-state index contributed by atoms with van der Waals surface area (Å²) in [7, 11) is 0. The minimum Gasteiger partial charge on any atom is -0.478 e. The van der Waals surface area contributed by atoms with E-state index in [0.717, 1.165) is 29.1 Å². The van der Waals surface area contributed by atoms with Crippen LogP contribution in [0.2, 0.25) is 0 Å². The lowest BCUT2D eigenvalue weighted by Crippen LogP contribution is -2.08. The number of benzene rings is 1. The molecule has 0 fully saturated rings. The van der Waals surface area contributed by atoms with Crippen molar-refractivity contribution in [3.63, 3.8) is 0 Å². The molecule has 2 N–H and O–H groups in total. The lowest BCUT2D eigenvalue weighted by atomic mass is 10.2. The van der Waals surface area contributed by atoms with Crippen molar-refractivity contribution in [3.8, 4) is 0 Å². The van der Waals surface area contributed by atoms with Gasteiger partial charge >= 0.3 is 5.97 Å². The third-order valence-electron chi connectivity index (χ3n) is 2.72. The quantitative estimate of drug-likeness (QED) is 0.831. The van der Waals surface area contributed by atoms with Crippen LogP contribution in [-0.2, 0) is 9.59 Å². The number of hydrogen-bond donors (Lipinski definition) is 2. The number of nitrogens with one attached hydrogen (secondary N) is 1. The maximum atomic E-state index is 11.5. The third-order valence-corrected chi connectivity index (χ3v) is 2.72. The molecule has 1 heterocycles. The van der Waals surface area contributed by atoms with Crippen LogP contribution in [0.4, 0.5) is 5.69 Å². The number of amides is 1. The Morgan fingerprint density at radius 2 is 1.75 bits per heavy atom. The van der Waals surface area contributed by atoms with Crippen LogP contribution in [0.5, 0.6) is 0 Å². The van der Waals surface area contributed by atoms with Gasteiger partial charge in [-0.25, -0.2) is 14.8 Å². The molecule has 0 saturated heterocycles. The van der Waals surface area contributed by atoms with Crippen LogP contribution in [0.3, 0.4) is 0 Å². The van der Waals surface area contributed by atoms with Gasteiger partial charge in [0.2, 0.25) is 5.91 Å². The fourth-order valence-corrected chi connectivity index (χ4v) is 1.64. The van der Waals surface area contributed by atoms with Gasteiger partial charge in [0.05, 0.1) is 22.4 Å². The zero-order valence-electron chi connectivity index (χ0n) is 11.0. The minimum atomic E-state index is -1.17. The molecule has 2 rings (SSSR count). The second-order valence-electron chi connectivity index (χ2n) is 4.26. The van der Waals surface area contributed by atoms with E-state index >= 15 is 0 Å². The largest absolute Gasteiger partial charge is 0.478 e. The van der Waals surface area contributed by atoms with Crippen molar-refractivity contribution in [2.24, 2.45) is 0 Å². The molecule has 0 atom stereocenters. The average molecular weight is 271 g/mol. The number of carbonyl (C=O) groups excluding carboxylic acids is 1. The number of carboxylic acid groups (broad SMARTS) is 1. The number of fused-ring (bicyclic) bond motifs is 1. The van der Waals surface area contributed by atoms with Gasteiger partial charge in [0.1, 0.15) is 0 Å². The molecule has 0 unspecified atom stereocenters. The predicted molar refractivity (Wildman–Crippen MR) is 74.4 cm³/mol. The maximum absolute atomic E-state index is 11.5. The number of aromatic nitrogens is 2. The molecule has 102 valence electrons. The van der Waals surface area contributed by atoms with Gasteiger partial charge in [0.25, 0.3) is 0 Å². The molecule has 0 saturated carbocycles. The summed E-state index contributed by atoms with van der Waals surface area (Å²) in [5.74, 6) is -1.68. The topological polar surface area (TPSA) is 92.2 Å². The van der Waals surface area contributed by atoms with Gasteiger partial charge in [0, 0.05) is 17.8 Å². The van der Waals surface area contributed by atoms with E-state index in [0.29, 0.717) is 11.2 Å². The van der Waals surface area contributed by atoms with E-state index in [9.17, 15) is 9.59 Å². The number of carbonyl (C=O) groups is 2. The highest BCUT2D eigenvalue weighted by Gasteiger charge is 2.04. The Morgan fingerprint density at radius 3 is 2.40 bits per heavy atom. The standard InChI is InChI=1S/C14H13N3O3/c1-8-9(2)16-12-7-10(3-4-11(12)15-8)17-13(18)5-6-14(19)20/h3-7H,1-2H3,(H,17,18)(H,19,20)/b6-5+. The zero-order valence-corrected chi connectivity index (χ0v) is 11.0. The molecule has 1 aromatic carbocycles. The average Bonchev–Trinajstić information content (AvgIpc) is 2.38. The highest BCUT2D eigenvalue weighted by Crippen LogP contribution is 2.17. The molecule has 1 aromatic heterocycles. The number of aryl methyl sites for hydroxylation is 2. The third kappa shape index (κ3) is 3.17. The molecule has 20 heavy (non-hydrogen) atoms. The summed E-state index contributed by atoms with van der Waals surface area (Å²) < 4.78 is 0. The van der Waals surface area contributed by atoms with Crippen LogP contribution < -0.4 is 5.32 Å². The van der Waals surface area contributed by atoms with E-state index in [2.05, 4.69) is 15.3 Å². The van der Waals surface area contributed by atoms with E-state index in [1.807, 2.05) is 13.8 Å². The van der Waals surface area contributed by atoms with Gasteiger partial charge in [0.15, 0.2) is 0 Å². The monoisotopic (exact) mass is 271 g/mol. The van der Waals surface area contributed by atoms with Crippen LogP contribution in [0.15, 0.2) is 30.4 Å². The predicted octanol–water partition coefficient (Wildman–Crippen LogP) is 1.83. The van der Waals surface area contributed by atoms with E-state index < -0.39 is 11.9 Å². The molecule has 0 aliphatic heterocycles. The van der Waals surface area contributed by atoms with Crippen molar-refractivity contribution >= 4 is 28.6 Å². The molecule has 1 amide bonds. The van der Waals surface area contributed by atoms with Crippen molar-refractivity contribution in [1.29, 1.82) is 0 Å².